The highest BCUT2D eigenvalue weighted by Crippen LogP contribution is 2.38. The van der Waals surface area contributed by atoms with Crippen molar-refractivity contribution in [3.05, 3.63) is 60.2 Å². The van der Waals surface area contributed by atoms with E-state index >= 15 is 0 Å². The van der Waals surface area contributed by atoms with Crippen LogP contribution in [0.1, 0.15) is 23.2 Å². The number of nitrogens with zero attached hydrogens (tertiary/aromatic N) is 2. The SMILES string of the molecule is COc1ccccc1N1C[C@@H]2CCCN2[C@H]1C(=O)c1ccccc1. The lowest BCUT2D eigenvalue weighted by atomic mass is 10.1. The molecule has 0 unspecified atom stereocenters. The lowest BCUT2D eigenvalue weighted by Crippen LogP contribution is -2.45. The number of anilines is 1. The normalized spacial score (nSPS) is 23.3. The third kappa shape index (κ3) is 2.47. The second kappa shape index (κ2) is 6.29. The fraction of sp³-hybridized carbons (Fsp3) is 0.350. The Bertz CT molecular complexity index is 731. The fourth-order valence-electron chi connectivity index (χ4n) is 4.02. The minimum Gasteiger partial charge on any atom is -0.495 e. The van der Waals surface area contributed by atoms with Crippen molar-refractivity contribution in [3.63, 3.8) is 0 Å². The average molecular weight is 322 g/mol. The van der Waals surface area contributed by atoms with Gasteiger partial charge in [-0.15, -0.1) is 0 Å². The molecule has 2 fully saturated rings. The average Bonchev–Trinajstić information content (AvgIpc) is 3.22. The summed E-state index contributed by atoms with van der Waals surface area (Å²) in [5.74, 6) is 0.996. The molecule has 2 saturated heterocycles. The summed E-state index contributed by atoms with van der Waals surface area (Å²) in [4.78, 5) is 17.8. The number of para-hydroxylation sites is 2. The molecule has 4 nitrogen and oxygen atoms in total. The van der Waals surface area contributed by atoms with Crippen molar-refractivity contribution in [1.82, 2.24) is 4.90 Å². The van der Waals surface area contributed by atoms with Gasteiger partial charge in [-0.05, 0) is 25.0 Å². The Hall–Kier alpha value is -2.33. The first-order valence-electron chi connectivity index (χ1n) is 8.54. The summed E-state index contributed by atoms with van der Waals surface area (Å²) >= 11 is 0. The number of Topliss-reactive ketones (excluding diaryl/α,β-unsaturated/α-hetero) is 1. The molecule has 2 aromatic carbocycles. The number of fused-ring (bicyclic) bond motifs is 1. The lowest BCUT2D eigenvalue weighted by Gasteiger charge is -2.30. The highest BCUT2D eigenvalue weighted by atomic mass is 16.5. The zero-order valence-electron chi connectivity index (χ0n) is 13.9. The smallest absolute Gasteiger partial charge is 0.200 e. The number of hydrogen-bond donors (Lipinski definition) is 0. The predicted octanol–water partition coefficient (Wildman–Crippen LogP) is 3.19. The molecule has 2 heterocycles. The van der Waals surface area contributed by atoms with Crippen LogP contribution in [0.2, 0.25) is 0 Å². The van der Waals surface area contributed by atoms with Crippen LogP contribution < -0.4 is 9.64 Å². The van der Waals surface area contributed by atoms with Gasteiger partial charge in [0.2, 0.25) is 0 Å². The van der Waals surface area contributed by atoms with Crippen LogP contribution in [0, 0.1) is 0 Å². The standard InChI is InChI=1S/C20H22N2O2/c1-24-18-12-6-5-11-17(18)22-14-16-10-7-13-21(16)20(22)19(23)15-8-3-2-4-9-15/h2-6,8-9,11-12,16,20H,7,10,13-14H2,1H3/t16-,20+/m0/s1. The predicted molar refractivity (Wildman–Crippen MR) is 94.6 cm³/mol. The Labute approximate surface area is 142 Å². The molecule has 4 heteroatoms. The van der Waals surface area contributed by atoms with Crippen molar-refractivity contribution in [2.24, 2.45) is 0 Å². The molecule has 0 spiro atoms. The van der Waals surface area contributed by atoms with E-state index in [1.807, 2.05) is 54.6 Å². The number of methoxy groups -OCH3 is 1. The van der Waals surface area contributed by atoms with Gasteiger partial charge in [0.05, 0.1) is 12.8 Å². The van der Waals surface area contributed by atoms with Crippen molar-refractivity contribution in [2.75, 3.05) is 25.1 Å². The summed E-state index contributed by atoms with van der Waals surface area (Å²) < 4.78 is 5.54. The molecule has 0 bridgehead atoms. The van der Waals surface area contributed by atoms with Crippen LogP contribution in [0.4, 0.5) is 5.69 Å². The largest absolute Gasteiger partial charge is 0.495 e. The van der Waals surface area contributed by atoms with Gasteiger partial charge in [0.1, 0.15) is 11.9 Å². The summed E-state index contributed by atoms with van der Waals surface area (Å²) in [7, 11) is 1.68. The summed E-state index contributed by atoms with van der Waals surface area (Å²) in [5, 5.41) is 0. The van der Waals surface area contributed by atoms with Gasteiger partial charge in [-0.3, -0.25) is 9.69 Å². The van der Waals surface area contributed by atoms with Crippen LogP contribution in [0.3, 0.4) is 0 Å². The minimum atomic E-state index is -0.240. The van der Waals surface area contributed by atoms with E-state index in [0.717, 1.165) is 36.5 Å². The molecule has 0 saturated carbocycles. The maximum absolute atomic E-state index is 13.2. The van der Waals surface area contributed by atoms with E-state index in [1.54, 1.807) is 7.11 Å². The number of ether oxygens (including phenoxy) is 1. The van der Waals surface area contributed by atoms with Crippen molar-refractivity contribution < 1.29 is 9.53 Å². The zero-order chi connectivity index (χ0) is 16.5. The molecule has 0 N–H and O–H groups in total. The first-order valence-corrected chi connectivity index (χ1v) is 8.54. The molecule has 2 aliphatic rings. The Balaban J connectivity index is 1.74. The molecule has 2 aromatic rings. The first kappa shape index (κ1) is 15.2. The van der Waals surface area contributed by atoms with Crippen molar-refractivity contribution in [2.45, 2.75) is 25.0 Å². The Morgan fingerprint density at radius 2 is 1.83 bits per heavy atom. The van der Waals surface area contributed by atoms with Crippen LogP contribution in [0.15, 0.2) is 54.6 Å². The Morgan fingerprint density at radius 1 is 1.08 bits per heavy atom. The van der Waals surface area contributed by atoms with E-state index in [0.29, 0.717) is 6.04 Å². The quantitative estimate of drug-likeness (QED) is 0.810. The molecule has 0 aromatic heterocycles. The van der Waals surface area contributed by atoms with Crippen molar-refractivity contribution in [3.8, 4) is 5.75 Å². The van der Waals surface area contributed by atoms with E-state index in [4.69, 9.17) is 4.74 Å². The number of hydrogen-bond acceptors (Lipinski definition) is 4. The molecule has 0 aliphatic carbocycles. The lowest BCUT2D eigenvalue weighted by molar-refractivity contribution is 0.0866. The van der Waals surface area contributed by atoms with Crippen LogP contribution in [-0.4, -0.2) is 43.1 Å². The van der Waals surface area contributed by atoms with Gasteiger partial charge in [-0.1, -0.05) is 42.5 Å². The highest BCUT2D eigenvalue weighted by molar-refractivity contribution is 6.02. The Kier molecular flexibility index (Phi) is 3.98. The van der Waals surface area contributed by atoms with Crippen molar-refractivity contribution >= 4 is 11.5 Å². The van der Waals surface area contributed by atoms with Crippen LogP contribution in [0.5, 0.6) is 5.75 Å². The Morgan fingerprint density at radius 3 is 2.62 bits per heavy atom. The summed E-state index contributed by atoms with van der Waals surface area (Å²) in [6.07, 6.45) is 2.09. The van der Waals surface area contributed by atoms with Gasteiger partial charge in [0, 0.05) is 24.7 Å². The molecule has 0 radical (unpaired) electrons. The molecular weight excluding hydrogens is 300 g/mol. The molecule has 24 heavy (non-hydrogen) atoms. The number of carbonyl (C=O) groups excluding carboxylic acids is 1. The first-order chi connectivity index (χ1) is 11.8. The third-order valence-electron chi connectivity index (χ3n) is 5.13. The van der Waals surface area contributed by atoms with Crippen LogP contribution in [-0.2, 0) is 0 Å². The number of ketones is 1. The number of rotatable bonds is 4. The van der Waals surface area contributed by atoms with E-state index in [-0.39, 0.29) is 11.9 Å². The summed E-state index contributed by atoms with van der Waals surface area (Å²) in [6.45, 7) is 1.86. The third-order valence-corrected chi connectivity index (χ3v) is 5.13. The van der Waals surface area contributed by atoms with E-state index in [2.05, 4.69) is 9.80 Å². The second-order valence-corrected chi connectivity index (χ2v) is 6.46. The van der Waals surface area contributed by atoms with Gasteiger partial charge in [0.15, 0.2) is 5.78 Å². The zero-order valence-corrected chi connectivity index (χ0v) is 13.9. The molecular formula is C20H22N2O2. The second-order valence-electron chi connectivity index (χ2n) is 6.46. The van der Waals surface area contributed by atoms with Crippen LogP contribution in [0.25, 0.3) is 0 Å². The van der Waals surface area contributed by atoms with Gasteiger partial charge < -0.3 is 9.64 Å². The molecule has 0 amide bonds. The minimum absolute atomic E-state index is 0.172. The van der Waals surface area contributed by atoms with Gasteiger partial charge in [-0.25, -0.2) is 0 Å². The monoisotopic (exact) mass is 322 g/mol. The molecule has 4 rings (SSSR count). The fourth-order valence-corrected chi connectivity index (χ4v) is 4.02. The molecule has 2 atom stereocenters. The molecule has 2 aliphatic heterocycles. The number of carbonyl (C=O) groups is 1. The highest BCUT2D eigenvalue weighted by Gasteiger charge is 2.46. The number of benzene rings is 2. The van der Waals surface area contributed by atoms with E-state index in [1.165, 1.54) is 6.42 Å². The van der Waals surface area contributed by atoms with Gasteiger partial charge >= 0.3 is 0 Å². The van der Waals surface area contributed by atoms with E-state index < -0.39 is 0 Å². The van der Waals surface area contributed by atoms with Crippen LogP contribution >= 0.6 is 0 Å². The van der Waals surface area contributed by atoms with Gasteiger partial charge in [0.25, 0.3) is 0 Å². The van der Waals surface area contributed by atoms with Gasteiger partial charge in [-0.2, -0.15) is 0 Å². The summed E-state index contributed by atoms with van der Waals surface area (Å²) in [6, 6.07) is 18.1. The van der Waals surface area contributed by atoms with Crippen molar-refractivity contribution in [1.29, 1.82) is 0 Å². The van der Waals surface area contributed by atoms with E-state index in [9.17, 15) is 4.79 Å². The topological polar surface area (TPSA) is 32.8 Å². The maximum Gasteiger partial charge on any atom is 0.200 e. The summed E-state index contributed by atoms with van der Waals surface area (Å²) in [5.41, 5.74) is 1.78. The molecule has 124 valence electrons. The maximum atomic E-state index is 13.2.